The molecule has 1 amide bonds. The minimum atomic E-state index is 0.0490. The summed E-state index contributed by atoms with van der Waals surface area (Å²) in [4.78, 5) is 17.2. The van der Waals surface area contributed by atoms with Gasteiger partial charge in [-0.25, -0.2) is 0 Å². The number of hydrogen-bond donors (Lipinski definition) is 1. The van der Waals surface area contributed by atoms with E-state index in [0.29, 0.717) is 17.9 Å². The molecule has 0 radical (unpaired) electrons. The van der Waals surface area contributed by atoms with Crippen molar-refractivity contribution in [2.45, 2.75) is 58.0 Å². The van der Waals surface area contributed by atoms with Crippen molar-refractivity contribution in [1.82, 2.24) is 9.80 Å². The van der Waals surface area contributed by atoms with E-state index in [9.17, 15) is 4.79 Å². The van der Waals surface area contributed by atoms with Crippen molar-refractivity contribution in [2.75, 3.05) is 26.7 Å². The highest BCUT2D eigenvalue weighted by atomic mass is 16.2. The van der Waals surface area contributed by atoms with Crippen molar-refractivity contribution >= 4 is 5.91 Å². The maximum Gasteiger partial charge on any atom is 0.227 e. The Bertz CT molecular complexity index is 326. The van der Waals surface area contributed by atoms with Crippen molar-refractivity contribution in [2.24, 2.45) is 17.6 Å². The fraction of sp³-hybridized carbons (Fsp3) is 0.938. The molecule has 20 heavy (non-hydrogen) atoms. The second kappa shape index (κ2) is 6.90. The number of carbonyl (C=O) groups excluding carboxylic acids is 1. The smallest absolute Gasteiger partial charge is 0.227 e. The van der Waals surface area contributed by atoms with E-state index in [2.05, 4.69) is 18.7 Å². The van der Waals surface area contributed by atoms with Gasteiger partial charge in [-0.1, -0.05) is 13.8 Å². The molecule has 2 aliphatic rings. The van der Waals surface area contributed by atoms with E-state index in [4.69, 9.17) is 5.73 Å². The van der Waals surface area contributed by atoms with E-state index in [0.717, 1.165) is 45.3 Å². The Morgan fingerprint density at radius 2 is 1.90 bits per heavy atom. The van der Waals surface area contributed by atoms with Crippen LogP contribution in [0.4, 0.5) is 0 Å². The highest BCUT2D eigenvalue weighted by Crippen LogP contribution is 2.30. The lowest BCUT2D eigenvalue weighted by molar-refractivity contribution is -0.139. The molecule has 1 aliphatic heterocycles. The van der Waals surface area contributed by atoms with Gasteiger partial charge in [-0.2, -0.15) is 0 Å². The Labute approximate surface area is 123 Å². The molecule has 3 unspecified atom stereocenters. The zero-order valence-corrected chi connectivity index (χ0v) is 13.3. The van der Waals surface area contributed by atoms with Gasteiger partial charge in [-0.3, -0.25) is 4.79 Å². The molecule has 0 spiro atoms. The van der Waals surface area contributed by atoms with Gasteiger partial charge < -0.3 is 15.5 Å². The quantitative estimate of drug-likeness (QED) is 0.856. The summed E-state index contributed by atoms with van der Waals surface area (Å²) >= 11 is 0. The van der Waals surface area contributed by atoms with Gasteiger partial charge in [0.25, 0.3) is 0 Å². The molecule has 1 aliphatic carbocycles. The summed E-state index contributed by atoms with van der Waals surface area (Å²) in [5.74, 6) is 0.978. The summed E-state index contributed by atoms with van der Waals surface area (Å²) in [6.07, 6.45) is 5.35. The Morgan fingerprint density at radius 1 is 1.25 bits per heavy atom. The molecule has 2 N–H and O–H groups in total. The molecule has 1 saturated carbocycles. The van der Waals surface area contributed by atoms with E-state index in [1.807, 2.05) is 11.9 Å². The molecule has 2 rings (SSSR count). The highest BCUT2D eigenvalue weighted by molar-refractivity contribution is 5.79. The fourth-order valence-corrected chi connectivity index (χ4v) is 3.75. The molecule has 0 aromatic carbocycles. The number of piperidine rings is 1. The Balaban J connectivity index is 1.91. The van der Waals surface area contributed by atoms with Gasteiger partial charge in [0.05, 0.1) is 5.92 Å². The van der Waals surface area contributed by atoms with Gasteiger partial charge in [-0.15, -0.1) is 0 Å². The summed E-state index contributed by atoms with van der Waals surface area (Å²) in [5, 5.41) is 0. The SMILES string of the molecule is CCN1CCC(N(C)C(=O)C2CC(C)CCC2N)CC1. The van der Waals surface area contributed by atoms with Gasteiger partial charge >= 0.3 is 0 Å². The van der Waals surface area contributed by atoms with Crippen LogP contribution < -0.4 is 5.73 Å². The third kappa shape index (κ3) is 3.53. The van der Waals surface area contributed by atoms with Crippen molar-refractivity contribution in [1.29, 1.82) is 0 Å². The van der Waals surface area contributed by atoms with Gasteiger partial charge in [0.15, 0.2) is 0 Å². The number of amides is 1. The molecular formula is C16H31N3O. The normalized spacial score (nSPS) is 33.1. The molecule has 116 valence electrons. The van der Waals surface area contributed by atoms with Crippen LogP contribution in [0.25, 0.3) is 0 Å². The van der Waals surface area contributed by atoms with Crippen LogP contribution in [-0.2, 0) is 4.79 Å². The molecular weight excluding hydrogens is 250 g/mol. The number of hydrogen-bond acceptors (Lipinski definition) is 3. The predicted molar refractivity (Wildman–Crippen MR) is 82.4 cm³/mol. The van der Waals surface area contributed by atoms with Crippen LogP contribution in [-0.4, -0.2) is 54.5 Å². The second-order valence-electron chi connectivity index (χ2n) is 6.80. The van der Waals surface area contributed by atoms with E-state index in [-0.39, 0.29) is 12.0 Å². The minimum absolute atomic E-state index is 0.0490. The van der Waals surface area contributed by atoms with E-state index >= 15 is 0 Å². The zero-order chi connectivity index (χ0) is 14.7. The molecule has 0 aromatic rings. The van der Waals surface area contributed by atoms with Gasteiger partial charge in [-0.05, 0) is 44.6 Å². The van der Waals surface area contributed by atoms with Crippen LogP contribution in [0.1, 0.15) is 46.0 Å². The van der Waals surface area contributed by atoms with Crippen molar-refractivity contribution in [3.63, 3.8) is 0 Å². The van der Waals surface area contributed by atoms with Crippen LogP contribution >= 0.6 is 0 Å². The molecule has 1 saturated heterocycles. The average molecular weight is 281 g/mol. The highest BCUT2D eigenvalue weighted by Gasteiger charge is 2.35. The fourth-order valence-electron chi connectivity index (χ4n) is 3.75. The van der Waals surface area contributed by atoms with E-state index in [1.54, 1.807) is 0 Å². The summed E-state index contributed by atoms with van der Waals surface area (Å²) in [6, 6.07) is 0.478. The summed E-state index contributed by atoms with van der Waals surface area (Å²) < 4.78 is 0. The molecule has 0 bridgehead atoms. The standard InChI is InChI=1S/C16H31N3O/c1-4-19-9-7-13(8-10-19)18(3)16(20)14-11-12(2)5-6-15(14)17/h12-15H,4-11,17H2,1-3H3. The van der Waals surface area contributed by atoms with Crippen LogP contribution in [0.5, 0.6) is 0 Å². The summed E-state index contributed by atoms with van der Waals surface area (Å²) in [5.41, 5.74) is 6.20. The summed E-state index contributed by atoms with van der Waals surface area (Å²) in [6.45, 7) is 7.80. The van der Waals surface area contributed by atoms with E-state index < -0.39 is 0 Å². The number of rotatable bonds is 3. The van der Waals surface area contributed by atoms with Gasteiger partial charge in [0.1, 0.15) is 0 Å². The molecule has 0 aromatic heterocycles. The second-order valence-corrected chi connectivity index (χ2v) is 6.80. The largest absolute Gasteiger partial charge is 0.342 e. The molecule has 3 atom stereocenters. The minimum Gasteiger partial charge on any atom is -0.342 e. The summed E-state index contributed by atoms with van der Waals surface area (Å²) in [7, 11) is 1.99. The van der Waals surface area contributed by atoms with Gasteiger partial charge in [0, 0.05) is 32.2 Å². The lowest BCUT2D eigenvalue weighted by Gasteiger charge is -2.40. The molecule has 4 nitrogen and oxygen atoms in total. The third-order valence-electron chi connectivity index (χ3n) is 5.38. The Hall–Kier alpha value is -0.610. The van der Waals surface area contributed by atoms with Crippen LogP contribution in [0.3, 0.4) is 0 Å². The number of nitrogens with zero attached hydrogens (tertiary/aromatic N) is 2. The first-order valence-corrected chi connectivity index (χ1v) is 8.27. The average Bonchev–Trinajstić information content (AvgIpc) is 2.48. The van der Waals surface area contributed by atoms with Crippen LogP contribution in [0.15, 0.2) is 0 Å². The topological polar surface area (TPSA) is 49.6 Å². The zero-order valence-electron chi connectivity index (χ0n) is 13.3. The molecule has 4 heteroatoms. The number of nitrogens with two attached hydrogens (primary N) is 1. The maximum atomic E-state index is 12.7. The number of likely N-dealkylation sites (tertiary alicyclic amines) is 1. The maximum absolute atomic E-state index is 12.7. The van der Waals surface area contributed by atoms with E-state index in [1.165, 1.54) is 6.42 Å². The molecule has 1 heterocycles. The van der Waals surface area contributed by atoms with Gasteiger partial charge in [0.2, 0.25) is 5.91 Å². The monoisotopic (exact) mass is 281 g/mol. The van der Waals surface area contributed by atoms with Crippen LogP contribution in [0, 0.1) is 11.8 Å². The lowest BCUT2D eigenvalue weighted by Crippen LogP contribution is -2.51. The predicted octanol–water partition coefficient (Wildman–Crippen LogP) is 1.69. The first-order chi connectivity index (χ1) is 9.52. The van der Waals surface area contributed by atoms with Crippen molar-refractivity contribution in [3.8, 4) is 0 Å². The molecule has 2 fully saturated rings. The first kappa shape index (κ1) is 15.8. The Kier molecular flexibility index (Phi) is 5.44. The van der Waals surface area contributed by atoms with Crippen molar-refractivity contribution in [3.05, 3.63) is 0 Å². The first-order valence-electron chi connectivity index (χ1n) is 8.27. The van der Waals surface area contributed by atoms with Crippen molar-refractivity contribution < 1.29 is 4.79 Å². The number of carbonyl (C=O) groups is 1. The van der Waals surface area contributed by atoms with Crippen LogP contribution in [0.2, 0.25) is 0 Å². The lowest BCUT2D eigenvalue weighted by atomic mass is 9.78. The third-order valence-corrected chi connectivity index (χ3v) is 5.38. The Morgan fingerprint density at radius 3 is 2.50 bits per heavy atom.